The maximum atomic E-state index is 6.96. The van der Waals surface area contributed by atoms with E-state index in [9.17, 15) is 0 Å². The number of rotatable bonds is 13. The first-order chi connectivity index (χ1) is 19.4. The van der Waals surface area contributed by atoms with Crippen molar-refractivity contribution in [1.82, 2.24) is 5.16 Å². The summed E-state index contributed by atoms with van der Waals surface area (Å²) in [6.45, 7) is 25.2. The van der Waals surface area contributed by atoms with E-state index >= 15 is 0 Å². The topological polar surface area (TPSA) is 75.5 Å². The predicted molar refractivity (Wildman–Crippen MR) is 177 cm³/mol. The number of hydrogen-bond acceptors (Lipinski definition) is 7. The number of aromatic nitrogens is 1. The van der Waals surface area contributed by atoms with Gasteiger partial charge in [-0.1, -0.05) is 35.8 Å². The highest BCUT2D eigenvalue weighted by atomic mass is 35.5. The molecule has 2 aliphatic rings. The lowest BCUT2D eigenvalue weighted by Gasteiger charge is -2.47. The van der Waals surface area contributed by atoms with Crippen LogP contribution in [0.3, 0.4) is 0 Å². The van der Waals surface area contributed by atoms with Crippen LogP contribution in [0.25, 0.3) is 11.3 Å². The van der Waals surface area contributed by atoms with Gasteiger partial charge in [0.05, 0.1) is 37.1 Å². The number of epoxide rings is 1. The fraction of sp³-hybridized carbons (Fsp3) is 0.710. The molecule has 0 amide bonds. The fourth-order valence-corrected chi connectivity index (χ4v) is 9.52. The molecule has 11 heteroatoms. The standard InChI is InChI=1S/C31H52ClNO6Si3/c1-20(21(2)37-40(3,4)5)29-28(35-29)16-23-19-34-27(31(39-42(9,10)11)30(23)38-41(6,7)8)18-25-17-26(33-36-25)22-12-14-24(32)15-13-22/h12-15,17,20-21,23,27-31H,16,18-19H2,1-11H3/t20-,21-,23-,27-,28-,29-,30+,31-/m0/s1. The van der Waals surface area contributed by atoms with Gasteiger partial charge in [-0.2, -0.15) is 0 Å². The molecule has 42 heavy (non-hydrogen) atoms. The number of halogens is 1. The first kappa shape index (κ1) is 34.1. The van der Waals surface area contributed by atoms with E-state index in [0.717, 1.165) is 23.4 Å². The van der Waals surface area contributed by atoms with Crippen LogP contribution in [0.1, 0.15) is 26.0 Å². The molecule has 0 bridgehead atoms. The zero-order valence-electron chi connectivity index (χ0n) is 27.4. The highest BCUT2D eigenvalue weighted by Gasteiger charge is 2.51. The molecule has 2 saturated heterocycles. The van der Waals surface area contributed by atoms with Gasteiger partial charge in [-0.05, 0) is 84.4 Å². The Morgan fingerprint density at radius 3 is 2.10 bits per heavy atom. The number of benzene rings is 1. The maximum Gasteiger partial charge on any atom is 0.184 e. The molecule has 236 valence electrons. The van der Waals surface area contributed by atoms with E-state index in [0.29, 0.717) is 24.0 Å². The van der Waals surface area contributed by atoms with E-state index in [1.807, 2.05) is 30.3 Å². The van der Waals surface area contributed by atoms with E-state index in [1.165, 1.54) is 0 Å². The number of ether oxygens (including phenoxy) is 2. The zero-order valence-corrected chi connectivity index (χ0v) is 31.2. The molecule has 2 aliphatic heterocycles. The Labute approximate surface area is 261 Å². The minimum Gasteiger partial charge on any atom is -0.415 e. The van der Waals surface area contributed by atoms with E-state index in [2.05, 4.69) is 77.9 Å². The minimum atomic E-state index is -1.94. The third kappa shape index (κ3) is 9.84. The molecule has 2 aromatic rings. The fourth-order valence-electron chi connectivity index (χ4n) is 5.82. The van der Waals surface area contributed by atoms with Gasteiger partial charge >= 0.3 is 0 Å². The van der Waals surface area contributed by atoms with Crippen molar-refractivity contribution in [3.63, 3.8) is 0 Å². The molecule has 0 saturated carbocycles. The SMILES string of the molecule is C[C@H]([C@@H]1O[C@H]1C[C@H]1CO[C@@H](Cc2cc(-c3ccc(Cl)cc3)no2)[C@H](O[Si](C)(C)C)[C@@H]1O[Si](C)(C)C)[C@H](C)O[Si](C)(C)C. The van der Waals surface area contributed by atoms with E-state index in [-0.39, 0.29) is 42.5 Å². The van der Waals surface area contributed by atoms with Gasteiger partial charge in [-0.25, -0.2) is 0 Å². The first-order valence-electron chi connectivity index (χ1n) is 15.4. The third-order valence-corrected chi connectivity index (χ3v) is 11.0. The summed E-state index contributed by atoms with van der Waals surface area (Å²) in [5, 5.41) is 5.02. The molecule has 7 nitrogen and oxygen atoms in total. The molecule has 1 aromatic heterocycles. The summed E-state index contributed by atoms with van der Waals surface area (Å²) in [6.07, 6.45) is 1.57. The zero-order chi connectivity index (χ0) is 31.0. The van der Waals surface area contributed by atoms with Crippen LogP contribution in [-0.2, 0) is 29.2 Å². The second kappa shape index (κ2) is 13.3. The summed E-state index contributed by atoms with van der Waals surface area (Å²) in [5.41, 5.74) is 1.75. The normalized spacial score (nSPS) is 28.5. The molecular weight excluding hydrogens is 602 g/mol. The van der Waals surface area contributed by atoms with E-state index in [1.54, 1.807) is 0 Å². The van der Waals surface area contributed by atoms with Crippen molar-refractivity contribution in [2.45, 2.75) is 122 Å². The van der Waals surface area contributed by atoms with Crippen LogP contribution in [-0.4, -0.2) is 73.3 Å². The largest absolute Gasteiger partial charge is 0.415 e. The average molecular weight is 654 g/mol. The Morgan fingerprint density at radius 2 is 1.50 bits per heavy atom. The molecule has 1 aromatic carbocycles. The molecular formula is C31H52ClNO6Si3. The molecule has 0 spiro atoms. The van der Waals surface area contributed by atoms with Crippen molar-refractivity contribution in [2.75, 3.05) is 6.61 Å². The first-order valence-corrected chi connectivity index (χ1v) is 26.0. The highest BCUT2D eigenvalue weighted by Crippen LogP contribution is 2.41. The summed E-state index contributed by atoms with van der Waals surface area (Å²) in [5.74, 6) is 1.30. The lowest BCUT2D eigenvalue weighted by molar-refractivity contribution is -0.153. The quantitative estimate of drug-likeness (QED) is 0.160. The monoisotopic (exact) mass is 653 g/mol. The van der Waals surface area contributed by atoms with Crippen LogP contribution in [0.15, 0.2) is 34.9 Å². The smallest absolute Gasteiger partial charge is 0.184 e. The second-order valence-corrected chi connectivity index (χ2v) is 28.9. The van der Waals surface area contributed by atoms with Crippen molar-refractivity contribution in [2.24, 2.45) is 11.8 Å². The van der Waals surface area contributed by atoms with Gasteiger partial charge in [0, 0.05) is 41.0 Å². The van der Waals surface area contributed by atoms with Crippen LogP contribution in [0, 0.1) is 11.8 Å². The lowest BCUT2D eigenvalue weighted by atomic mass is 9.86. The summed E-state index contributed by atoms with van der Waals surface area (Å²) < 4.78 is 38.9. The molecule has 0 radical (unpaired) electrons. The average Bonchev–Trinajstić information content (AvgIpc) is 3.45. The van der Waals surface area contributed by atoms with Crippen LogP contribution in [0.4, 0.5) is 0 Å². The summed E-state index contributed by atoms with van der Waals surface area (Å²) in [4.78, 5) is 0. The van der Waals surface area contributed by atoms with Crippen molar-refractivity contribution >= 4 is 36.6 Å². The van der Waals surface area contributed by atoms with Crippen molar-refractivity contribution < 1.29 is 27.3 Å². The van der Waals surface area contributed by atoms with Gasteiger partial charge in [-0.3, -0.25) is 0 Å². The molecule has 0 N–H and O–H groups in total. The van der Waals surface area contributed by atoms with Gasteiger partial charge < -0.3 is 27.3 Å². The Morgan fingerprint density at radius 1 is 0.881 bits per heavy atom. The molecule has 8 atom stereocenters. The maximum absolute atomic E-state index is 6.96. The van der Waals surface area contributed by atoms with Gasteiger partial charge in [0.2, 0.25) is 0 Å². The van der Waals surface area contributed by atoms with Crippen LogP contribution >= 0.6 is 11.6 Å². The highest BCUT2D eigenvalue weighted by molar-refractivity contribution is 6.70. The number of nitrogens with zero attached hydrogens (tertiary/aromatic N) is 1. The van der Waals surface area contributed by atoms with Gasteiger partial charge in [0.1, 0.15) is 11.5 Å². The second-order valence-electron chi connectivity index (χ2n) is 15.1. The van der Waals surface area contributed by atoms with Gasteiger partial charge in [0.25, 0.3) is 0 Å². The molecule has 4 rings (SSSR count). The van der Waals surface area contributed by atoms with Crippen LogP contribution < -0.4 is 0 Å². The Kier molecular flexibility index (Phi) is 10.8. The molecule has 0 unspecified atom stereocenters. The lowest BCUT2D eigenvalue weighted by Crippen LogP contribution is -2.58. The molecule has 0 aliphatic carbocycles. The minimum absolute atomic E-state index is 0.0726. The number of hydrogen-bond donors (Lipinski definition) is 0. The summed E-state index contributed by atoms with van der Waals surface area (Å²) in [6, 6.07) is 9.62. The van der Waals surface area contributed by atoms with Crippen LogP contribution in [0.5, 0.6) is 0 Å². The Balaban J connectivity index is 1.50. The van der Waals surface area contributed by atoms with E-state index < -0.39 is 25.0 Å². The van der Waals surface area contributed by atoms with Crippen molar-refractivity contribution in [3.8, 4) is 11.3 Å². The van der Waals surface area contributed by atoms with Crippen molar-refractivity contribution in [1.29, 1.82) is 0 Å². The predicted octanol–water partition coefficient (Wildman–Crippen LogP) is 8.03. The van der Waals surface area contributed by atoms with Gasteiger partial charge in [-0.15, -0.1) is 0 Å². The van der Waals surface area contributed by atoms with Crippen molar-refractivity contribution in [3.05, 3.63) is 41.1 Å². The summed E-state index contributed by atoms with van der Waals surface area (Å²) >= 11 is 6.08. The van der Waals surface area contributed by atoms with E-state index in [4.69, 9.17) is 38.9 Å². The third-order valence-electron chi connectivity index (χ3n) is 7.71. The Bertz CT molecular complexity index is 1160. The molecule has 2 fully saturated rings. The summed E-state index contributed by atoms with van der Waals surface area (Å²) in [7, 11) is -5.47. The molecule has 3 heterocycles. The van der Waals surface area contributed by atoms with Crippen LogP contribution in [0.2, 0.25) is 63.9 Å². The van der Waals surface area contributed by atoms with Gasteiger partial charge in [0.15, 0.2) is 25.0 Å². The Hall–Kier alpha value is -0.829.